The quantitative estimate of drug-likeness (QED) is 0.596. The van der Waals surface area contributed by atoms with Crippen LogP contribution in [0.3, 0.4) is 0 Å². The van der Waals surface area contributed by atoms with Crippen molar-refractivity contribution in [3.05, 3.63) is 30.3 Å². The summed E-state index contributed by atoms with van der Waals surface area (Å²) in [5.74, 6) is 0. The van der Waals surface area contributed by atoms with E-state index in [1.165, 1.54) is 0 Å². The Kier molecular flexibility index (Phi) is 5.59. The van der Waals surface area contributed by atoms with Crippen molar-refractivity contribution in [1.82, 2.24) is 0 Å². The zero-order chi connectivity index (χ0) is 11.1. The molecule has 5 heteroatoms. The van der Waals surface area contributed by atoms with Crippen molar-refractivity contribution in [3.63, 3.8) is 0 Å². The van der Waals surface area contributed by atoms with Crippen LogP contribution in [-0.2, 0) is 13.6 Å². The Morgan fingerprint density at radius 3 is 2.13 bits per heavy atom. The minimum absolute atomic E-state index is 0.264. The minimum atomic E-state index is -2.88. The average molecular weight is 293 g/mol. The van der Waals surface area contributed by atoms with Crippen LogP contribution < -0.4 is 4.46 Å². The van der Waals surface area contributed by atoms with Crippen molar-refractivity contribution in [2.45, 2.75) is 13.8 Å². The van der Waals surface area contributed by atoms with Crippen molar-refractivity contribution in [1.29, 1.82) is 0 Å². The summed E-state index contributed by atoms with van der Waals surface area (Å²) in [7, 11) is 0. The maximum atomic E-state index is 12.2. The molecule has 0 heterocycles. The molecule has 0 fully saturated rings. The predicted molar refractivity (Wildman–Crippen MR) is 62.7 cm³/mol. The topological polar surface area (TPSA) is 35.5 Å². The van der Waals surface area contributed by atoms with Gasteiger partial charge < -0.3 is 0 Å². The molecule has 84 valence electrons. The second-order valence-corrected chi connectivity index (χ2v) is 9.23. The van der Waals surface area contributed by atoms with Gasteiger partial charge in [0.05, 0.1) is 0 Å². The van der Waals surface area contributed by atoms with E-state index >= 15 is 0 Å². The predicted octanol–water partition coefficient (Wildman–Crippen LogP) is 2.20. The molecule has 0 N–H and O–H groups in total. The number of benzene rings is 1. The fourth-order valence-corrected chi connectivity index (χ4v) is 6.92. The summed E-state index contributed by atoms with van der Waals surface area (Å²) in [5, 5.41) is 0. The Bertz CT molecular complexity index is 319. The first-order valence-electron chi connectivity index (χ1n) is 4.84. The van der Waals surface area contributed by atoms with E-state index in [-0.39, 0.29) is 14.5 Å². The van der Waals surface area contributed by atoms with Crippen LogP contribution in [0.2, 0.25) is 0 Å². The van der Waals surface area contributed by atoms with Crippen LogP contribution in [-0.4, -0.2) is 27.7 Å². The van der Waals surface area contributed by atoms with Gasteiger partial charge in [-0.15, -0.1) is 0 Å². The van der Waals surface area contributed by atoms with Crippen molar-refractivity contribution < 1.29 is 13.6 Å². The first-order valence-corrected chi connectivity index (χ1v) is 9.45. The first kappa shape index (κ1) is 13.0. The molecular weight excluding hydrogens is 278 g/mol. The van der Waals surface area contributed by atoms with Gasteiger partial charge in [-0.2, -0.15) is 0 Å². The normalized spacial score (nSPS) is 11.6. The van der Waals surface area contributed by atoms with Gasteiger partial charge in [0.25, 0.3) is 0 Å². The van der Waals surface area contributed by atoms with Crippen LogP contribution >= 0.6 is 6.29 Å². The molecule has 15 heavy (non-hydrogen) atoms. The number of hydrogen-bond acceptors (Lipinski definition) is 3. The molecule has 0 aliphatic heterocycles. The Morgan fingerprint density at radius 2 is 1.67 bits per heavy atom. The second kappa shape index (κ2) is 6.47. The third-order valence-corrected chi connectivity index (χ3v) is 7.75. The zero-order valence-corrected chi connectivity index (χ0v) is 11.5. The summed E-state index contributed by atoms with van der Waals surface area (Å²) in [6.07, 6.45) is -2.88. The van der Waals surface area contributed by atoms with Crippen LogP contribution in [0.5, 0.6) is 0 Å². The molecule has 0 aromatic heterocycles. The van der Waals surface area contributed by atoms with E-state index in [1.807, 2.05) is 44.2 Å². The maximum absolute atomic E-state index is 12.2. The third kappa shape index (κ3) is 4.50. The molecular formula is C10H15O3PSe. The SMILES string of the molecule is CCOP(=O)(OCC)[Se]c1ccccc1. The molecule has 1 aromatic carbocycles. The summed E-state index contributed by atoms with van der Waals surface area (Å²) in [4.78, 5) is 0. The molecule has 0 aliphatic rings. The van der Waals surface area contributed by atoms with E-state index in [9.17, 15) is 4.57 Å². The van der Waals surface area contributed by atoms with Crippen LogP contribution in [0, 0.1) is 0 Å². The molecule has 1 rings (SSSR count). The van der Waals surface area contributed by atoms with E-state index in [1.54, 1.807) is 0 Å². The van der Waals surface area contributed by atoms with E-state index in [0.717, 1.165) is 4.46 Å². The molecule has 1 aromatic rings. The standard InChI is InChI=1S/C10H15O3PSe/c1-3-12-14(11,13-4-2)15-10-8-6-5-7-9-10/h5-9H,3-4H2,1-2H3. The van der Waals surface area contributed by atoms with Gasteiger partial charge in [0.1, 0.15) is 0 Å². The molecule has 0 aliphatic carbocycles. The monoisotopic (exact) mass is 294 g/mol. The van der Waals surface area contributed by atoms with Gasteiger partial charge >= 0.3 is 96.3 Å². The molecule has 0 bridgehead atoms. The Hall–Kier alpha value is -0.111. The molecule has 0 saturated heterocycles. The van der Waals surface area contributed by atoms with E-state index < -0.39 is 6.29 Å². The van der Waals surface area contributed by atoms with Gasteiger partial charge in [0.15, 0.2) is 0 Å². The van der Waals surface area contributed by atoms with Crippen LogP contribution in [0.15, 0.2) is 30.3 Å². The third-order valence-electron chi connectivity index (χ3n) is 1.53. The zero-order valence-electron chi connectivity index (χ0n) is 8.88. The van der Waals surface area contributed by atoms with Crippen molar-refractivity contribution in [2.24, 2.45) is 0 Å². The Balaban J connectivity index is 2.71. The molecule has 3 nitrogen and oxygen atoms in total. The average Bonchev–Trinajstić information content (AvgIpc) is 2.19. The summed E-state index contributed by atoms with van der Waals surface area (Å²) in [6, 6.07) is 9.69. The van der Waals surface area contributed by atoms with Crippen LogP contribution in [0.25, 0.3) is 0 Å². The van der Waals surface area contributed by atoms with Gasteiger partial charge in [0.2, 0.25) is 0 Å². The van der Waals surface area contributed by atoms with Crippen LogP contribution in [0.4, 0.5) is 0 Å². The van der Waals surface area contributed by atoms with Gasteiger partial charge in [0, 0.05) is 0 Å². The van der Waals surface area contributed by atoms with E-state index in [0.29, 0.717) is 13.2 Å². The molecule has 0 unspecified atom stereocenters. The molecule has 0 amide bonds. The van der Waals surface area contributed by atoms with Gasteiger partial charge in [-0.25, -0.2) is 0 Å². The molecule has 0 atom stereocenters. The molecule has 0 radical (unpaired) electrons. The van der Waals surface area contributed by atoms with Gasteiger partial charge in [-0.3, -0.25) is 0 Å². The summed E-state index contributed by atoms with van der Waals surface area (Å²) in [6.45, 7) is 4.50. The molecule has 0 saturated carbocycles. The van der Waals surface area contributed by atoms with E-state index in [2.05, 4.69) is 0 Å². The fourth-order valence-electron chi connectivity index (χ4n) is 1.02. The number of hydrogen-bond donors (Lipinski definition) is 0. The molecule has 0 spiro atoms. The van der Waals surface area contributed by atoms with Crippen molar-refractivity contribution >= 4 is 25.3 Å². The first-order chi connectivity index (χ1) is 7.20. The van der Waals surface area contributed by atoms with Crippen LogP contribution in [0.1, 0.15) is 13.8 Å². The van der Waals surface area contributed by atoms with Gasteiger partial charge in [-0.1, -0.05) is 0 Å². The Morgan fingerprint density at radius 1 is 1.13 bits per heavy atom. The second-order valence-electron chi connectivity index (χ2n) is 2.69. The summed E-state index contributed by atoms with van der Waals surface area (Å²) in [5.41, 5.74) is 0. The summed E-state index contributed by atoms with van der Waals surface area (Å²) >= 11 is -0.264. The van der Waals surface area contributed by atoms with Crippen molar-refractivity contribution in [3.8, 4) is 0 Å². The number of rotatable bonds is 6. The fraction of sp³-hybridized carbons (Fsp3) is 0.400. The Labute approximate surface area is 96.5 Å². The van der Waals surface area contributed by atoms with E-state index in [4.69, 9.17) is 9.05 Å². The van der Waals surface area contributed by atoms with Crippen molar-refractivity contribution in [2.75, 3.05) is 13.2 Å². The summed E-state index contributed by atoms with van der Waals surface area (Å²) < 4.78 is 23.7. The van der Waals surface area contributed by atoms with Gasteiger partial charge in [-0.05, 0) is 0 Å².